The first-order valence-corrected chi connectivity index (χ1v) is 10.4. The molecule has 3 rings (SSSR count). The molecule has 0 aliphatic heterocycles. The van der Waals surface area contributed by atoms with Gasteiger partial charge in [-0.25, -0.2) is 0 Å². The van der Waals surface area contributed by atoms with Gasteiger partial charge in [0.2, 0.25) is 0 Å². The lowest BCUT2D eigenvalue weighted by Gasteiger charge is -2.16. The van der Waals surface area contributed by atoms with Crippen molar-refractivity contribution in [3.05, 3.63) is 82.4 Å². The third-order valence-corrected chi connectivity index (χ3v) is 5.37. The van der Waals surface area contributed by atoms with Crippen molar-refractivity contribution in [2.24, 2.45) is 0 Å². The van der Waals surface area contributed by atoms with E-state index in [1.807, 2.05) is 32.0 Å². The lowest BCUT2D eigenvalue weighted by Crippen LogP contribution is -2.30. The third-order valence-electron chi connectivity index (χ3n) is 5.07. The number of amides is 2. The molecule has 6 nitrogen and oxygen atoms in total. The number of carbonyl (C=O) groups is 2. The Hall–Kier alpha value is -3.51. The number of hydrogen-bond acceptors (Lipinski definition) is 4. The molecule has 3 aromatic rings. The molecule has 166 valence electrons. The van der Waals surface area contributed by atoms with E-state index in [9.17, 15) is 9.59 Å². The fourth-order valence-corrected chi connectivity index (χ4v) is 3.27. The molecule has 2 N–H and O–H groups in total. The van der Waals surface area contributed by atoms with Crippen LogP contribution < -0.4 is 20.1 Å². The van der Waals surface area contributed by atoms with Crippen molar-refractivity contribution in [1.29, 1.82) is 0 Å². The lowest BCUT2D eigenvalue weighted by molar-refractivity contribution is -0.122. The first-order chi connectivity index (χ1) is 15.3. The van der Waals surface area contributed by atoms with Crippen molar-refractivity contribution < 1.29 is 19.1 Å². The number of halogens is 1. The van der Waals surface area contributed by atoms with Gasteiger partial charge in [0.05, 0.1) is 12.1 Å². The highest BCUT2D eigenvalue weighted by Gasteiger charge is 2.16. The molecular formula is C25H25ClN2O4. The van der Waals surface area contributed by atoms with E-state index in [2.05, 4.69) is 10.6 Å². The van der Waals surface area contributed by atoms with Crippen molar-refractivity contribution in [2.75, 3.05) is 17.7 Å². The standard InChI is InChI=1S/C25H25ClN2O4/c1-15-6-5-7-22(16(15)2)28-25(30)18-8-11-20(12-9-18)32-17(3)24(29)27-19-10-13-23(31-4)21(26)14-19/h5-14,17H,1-4H3,(H,27,29)(H,28,30). The highest BCUT2D eigenvalue weighted by molar-refractivity contribution is 6.32. The van der Waals surface area contributed by atoms with Gasteiger partial charge in [0.15, 0.2) is 6.10 Å². The molecule has 0 spiro atoms. The van der Waals surface area contributed by atoms with Crippen LogP contribution in [0.3, 0.4) is 0 Å². The Kier molecular flexibility index (Phi) is 7.38. The Balaban J connectivity index is 1.59. The minimum atomic E-state index is -0.759. The summed E-state index contributed by atoms with van der Waals surface area (Å²) < 4.78 is 10.8. The maximum absolute atomic E-state index is 12.6. The highest BCUT2D eigenvalue weighted by Crippen LogP contribution is 2.27. The summed E-state index contributed by atoms with van der Waals surface area (Å²) in [5.41, 5.74) is 3.94. The molecule has 0 aliphatic rings. The summed E-state index contributed by atoms with van der Waals surface area (Å²) in [5.74, 6) is 0.453. The molecule has 1 atom stereocenters. The number of nitrogens with one attached hydrogen (secondary N) is 2. The van der Waals surface area contributed by atoms with Crippen LogP contribution in [-0.2, 0) is 4.79 Å². The van der Waals surface area contributed by atoms with Gasteiger partial charge in [-0.3, -0.25) is 9.59 Å². The van der Waals surface area contributed by atoms with Crippen LogP contribution in [-0.4, -0.2) is 25.0 Å². The van der Waals surface area contributed by atoms with Crippen molar-refractivity contribution in [3.8, 4) is 11.5 Å². The number of carbonyl (C=O) groups excluding carboxylic acids is 2. The van der Waals surface area contributed by atoms with Crippen LogP contribution in [0.2, 0.25) is 5.02 Å². The van der Waals surface area contributed by atoms with E-state index >= 15 is 0 Å². The summed E-state index contributed by atoms with van der Waals surface area (Å²) in [6.07, 6.45) is -0.759. The van der Waals surface area contributed by atoms with Crippen LogP contribution in [0.1, 0.15) is 28.4 Å². The summed E-state index contributed by atoms with van der Waals surface area (Å²) >= 11 is 6.09. The number of aryl methyl sites for hydroxylation is 1. The van der Waals surface area contributed by atoms with E-state index in [0.717, 1.165) is 16.8 Å². The molecule has 0 radical (unpaired) electrons. The van der Waals surface area contributed by atoms with Crippen LogP contribution in [0.15, 0.2) is 60.7 Å². The molecule has 2 amide bonds. The van der Waals surface area contributed by atoms with Gasteiger partial charge in [0.25, 0.3) is 11.8 Å². The second-order valence-electron chi connectivity index (χ2n) is 7.32. The van der Waals surface area contributed by atoms with Gasteiger partial charge in [-0.2, -0.15) is 0 Å². The predicted octanol–water partition coefficient (Wildman–Crippen LogP) is 5.62. The molecule has 0 saturated carbocycles. The highest BCUT2D eigenvalue weighted by atomic mass is 35.5. The van der Waals surface area contributed by atoms with E-state index in [4.69, 9.17) is 21.1 Å². The maximum Gasteiger partial charge on any atom is 0.265 e. The molecular weight excluding hydrogens is 428 g/mol. The number of methoxy groups -OCH3 is 1. The largest absolute Gasteiger partial charge is 0.495 e. The fraction of sp³-hybridized carbons (Fsp3) is 0.200. The zero-order valence-electron chi connectivity index (χ0n) is 18.4. The summed E-state index contributed by atoms with van der Waals surface area (Å²) in [7, 11) is 1.52. The SMILES string of the molecule is COc1ccc(NC(=O)C(C)Oc2ccc(C(=O)Nc3cccc(C)c3C)cc2)cc1Cl. The average Bonchev–Trinajstić information content (AvgIpc) is 2.77. The molecule has 7 heteroatoms. The number of rotatable bonds is 7. The molecule has 32 heavy (non-hydrogen) atoms. The van der Waals surface area contributed by atoms with Crippen LogP contribution in [0.4, 0.5) is 11.4 Å². The smallest absolute Gasteiger partial charge is 0.265 e. The molecule has 1 unspecified atom stereocenters. The number of anilines is 2. The average molecular weight is 453 g/mol. The third kappa shape index (κ3) is 5.59. The minimum absolute atomic E-state index is 0.215. The first kappa shape index (κ1) is 23.2. The number of ether oxygens (including phenoxy) is 2. The molecule has 3 aromatic carbocycles. The Bertz CT molecular complexity index is 1130. The van der Waals surface area contributed by atoms with Gasteiger partial charge in [-0.1, -0.05) is 23.7 Å². The van der Waals surface area contributed by atoms with Gasteiger partial charge in [0, 0.05) is 16.9 Å². The quantitative estimate of drug-likeness (QED) is 0.487. The molecule has 0 aromatic heterocycles. The predicted molar refractivity (Wildman–Crippen MR) is 127 cm³/mol. The monoisotopic (exact) mass is 452 g/mol. The minimum Gasteiger partial charge on any atom is -0.495 e. The second-order valence-corrected chi connectivity index (χ2v) is 7.73. The van der Waals surface area contributed by atoms with E-state index in [1.54, 1.807) is 49.4 Å². The maximum atomic E-state index is 12.6. The molecule has 0 fully saturated rings. The summed E-state index contributed by atoms with van der Waals surface area (Å²) in [4.78, 5) is 25.0. The Labute approximate surface area is 192 Å². The van der Waals surface area contributed by atoms with Gasteiger partial charge in [-0.15, -0.1) is 0 Å². The van der Waals surface area contributed by atoms with Gasteiger partial charge in [-0.05, 0) is 80.4 Å². The summed E-state index contributed by atoms with van der Waals surface area (Å²) in [6.45, 7) is 5.60. The zero-order valence-corrected chi connectivity index (χ0v) is 19.1. The molecule has 0 heterocycles. The van der Waals surface area contributed by atoms with E-state index < -0.39 is 6.10 Å². The van der Waals surface area contributed by atoms with Crippen molar-refractivity contribution in [2.45, 2.75) is 26.9 Å². The summed E-state index contributed by atoms with van der Waals surface area (Å²) in [6, 6.07) is 17.4. The van der Waals surface area contributed by atoms with Crippen LogP contribution in [0.5, 0.6) is 11.5 Å². The van der Waals surface area contributed by atoms with Crippen molar-refractivity contribution in [3.63, 3.8) is 0 Å². The number of hydrogen-bond donors (Lipinski definition) is 2. The lowest BCUT2D eigenvalue weighted by atomic mass is 10.1. The van der Waals surface area contributed by atoms with Crippen LogP contribution >= 0.6 is 11.6 Å². The van der Waals surface area contributed by atoms with Gasteiger partial charge >= 0.3 is 0 Å². The zero-order chi connectivity index (χ0) is 23.3. The Morgan fingerprint density at radius 3 is 2.34 bits per heavy atom. The Morgan fingerprint density at radius 1 is 0.969 bits per heavy atom. The first-order valence-electron chi connectivity index (χ1n) is 10.1. The van der Waals surface area contributed by atoms with Crippen molar-refractivity contribution >= 4 is 34.8 Å². The second kappa shape index (κ2) is 10.2. The Morgan fingerprint density at radius 2 is 1.69 bits per heavy atom. The molecule has 0 aliphatic carbocycles. The molecule has 0 bridgehead atoms. The fourth-order valence-electron chi connectivity index (χ4n) is 3.01. The van der Waals surface area contributed by atoms with Gasteiger partial charge in [0.1, 0.15) is 11.5 Å². The van der Waals surface area contributed by atoms with Crippen molar-refractivity contribution in [1.82, 2.24) is 0 Å². The topological polar surface area (TPSA) is 76.7 Å². The van der Waals surface area contributed by atoms with E-state index in [-0.39, 0.29) is 11.8 Å². The normalized spacial score (nSPS) is 11.4. The van der Waals surface area contributed by atoms with Crippen LogP contribution in [0, 0.1) is 13.8 Å². The van der Waals surface area contributed by atoms with E-state index in [0.29, 0.717) is 27.8 Å². The van der Waals surface area contributed by atoms with Gasteiger partial charge < -0.3 is 20.1 Å². The van der Waals surface area contributed by atoms with Crippen LogP contribution in [0.25, 0.3) is 0 Å². The number of benzene rings is 3. The summed E-state index contributed by atoms with van der Waals surface area (Å²) in [5, 5.41) is 6.07. The van der Waals surface area contributed by atoms with E-state index in [1.165, 1.54) is 7.11 Å². The molecule has 0 saturated heterocycles.